The van der Waals surface area contributed by atoms with E-state index < -0.39 is 12.1 Å². The van der Waals surface area contributed by atoms with Gasteiger partial charge in [-0.1, -0.05) is 0 Å². The van der Waals surface area contributed by atoms with Crippen molar-refractivity contribution in [3.05, 3.63) is 24.3 Å². The fourth-order valence-electron chi connectivity index (χ4n) is 2.01. The number of hydrogen-bond donors (Lipinski definition) is 1. The van der Waals surface area contributed by atoms with Crippen LogP contribution in [-0.2, 0) is 9.59 Å². The van der Waals surface area contributed by atoms with Gasteiger partial charge in [-0.05, 0) is 44.4 Å². The lowest BCUT2D eigenvalue weighted by Gasteiger charge is -2.36. The summed E-state index contributed by atoms with van der Waals surface area (Å²) in [5, 5.41) is 2.67. The number of nitrogens with one attached hydrogen (secondary N) is 1. The first-order chi connectivity index (χ1) is 8.54. The SMILES string of the molecule is CSc1ccc(N2C(=O)C(C)NC(=O)C2C)cc1. The van der Waals surface area contributed by atoms with Gasteiger partial charge in [0.1, 0.15) is 12.1 Å². The summed E-state index contributed by atoms with van der Waals surface area (Å²) in [6.45, 7) is 3.44. The molecule has 0 saturated carbocycles. The average molecular weight is 264 g/mol. The molecule has 2 atom stereocenters. The Bertz CT molecular complexity index is 472. The molecule has 4 nitrogen and oxygen atoms in total. The molecule has 0 spiro atoms. The van der Waals surface area contributed by atoms with Crippen molar-refractivity contribution in [1.82, 2.24) is 5.32 Å². The average Bonchev–Trinajstić information content (AvgIpc) is 2.37. The molecule has 0 aromatic heterocycles. The predicted molar refractivity (Wildman–Crippen MR) is 72.8 cm³/mol. The molecule has 18 heavy (non-hydrogen) atoms. The summed E-state index contributed by atoms with van der Waals surface area (Å²) in [5.41, 5.74) is 0.770. The second kappa shape index (κ2) is 5.02. The number of thioether (sulfide) groups is 1. The fraction of sp³-hybridized carbons (Fsp3) is 0.385. The number of benzene rings is 1. The Morgan fingerprint density at radius 1 is 1.17 bits per heavy atom. The van der Waals surface area contributed by atoms with Crippen molar-refractivity contribution in [1.29, 1.82) is 0 Å². The molecule has 0 bridgehead atoms. The fourth-order valence-corrected chi connectivity index (χ4v) is 2.41. The molecule has 1 saturated heterocycles. The standard InChI is InChI=1S/C13H16N2O2S/c1-8-13(17)15(9(2)12(16)14-8)10-4-6-11(18-3)7-5-10/h4-9H,1-3H3,(H,14,16). The van der Waals surface area contributed by atoms with Crippen LogP contribution in [0.3, 0.4) is 0 Å². The normalized spacial score (nSPS) is 24.1. The van der Waals surface area contributed by atoms with Gasteiger partial charge in [-0.3, -0.25) is 14.5 Å². The molecule has 0 radical (unpaired) electrons. The van der Waals surface area contributed by atoms with E-state index in [1.54, 1.807) is 30.5 Å². The molecular formula is C13H16N2O2S. The van der Waals surface area contributed by atoms with Crippen LogP contribution in [0.25, 0.3) is 0 Å². The predicted octanol–water partition coefficient (Wildman–Crippen LogP) is 1.65. The van der Waals surface area contributed by atoms with E-state index in [0.29, 0.717) is 0 Å². The Kier molecular flexibility index (Phi) is 3.61. The smallest absolute Gasteiger partial charge is 0.250 e. The van der Waals surface area contributed by atoms with E-state index in [1.165, 1.54) is 0 Å². The minimum atomic E-state index is -0.464. The number of piperazine rings is 1. The number of anilines is 1. The highest BCUT2D eigenvalue weighted by atomic mass is 32.2. The van der Waals surface area contributed by atoms with E-state index in [1.807, 2.05) is 30.5 Å². The van der Waals surface area contributed by atoms with Crippen molar-refractivity contribution >= 4 is 29.3 Å². The molecular weight excluding hydrogens is 248 g/mol. The van der Waals surface area contributed by atoms with Crippen LogP contribution >= 0.6 is 11.8 Å². The minimum absolute atomic E-state index is 0.0704. The maximum atomic E-state index is 12.1. The summed E-state index contributed by atoms with van der Waals surface area (Å²) < 4.78 is 0. The first-order valence-corrected chi connectivity index (χ1v) is 7.04. The van der Waals surface area contributed by atoms with E-state index in [-0.39, 0.29) is 11.8 Å². The lowest BCUT2D eigenvalue weighted by atomic mass is 10.1. The highest BCUT2D eigenvalue weighted by Crippen LogP contribution is 2.24. The van der Waals surface area contributed by atoms with Crippen molar-refractivity contribution in [3.63, 3.8) is 0 Å². The van der Waals surface area contributed by atoms with Crippen molar-refractivity contribution in [2.24, 2.45) is 0 Å². The molecule has 1 aliphatic rings. The van der Waals surface area contributed by atoms with Crippen LogP contribution in [0.2, 0.25) is 0 Å². The van der Waals surface area contributed by atoms with E-state index in [2.05, 4.69) is 5.32 Å². The van der Waals surface area contributed by atoms with Crippen LogP contribution in [0.5, 0.6) is 0 Å². The second-order valence-electron chi connectivity index (χ2n) is 4.31. The molecule has 1 aromatic rings. The molecule has 2 amide bonds. The van der Waals surface area contributed by atoms with Gasteiger partial charge >= 0.3 is 0 Å². The molecule has 1 N–H and O–H groups in total. The van der Waals surface area contributed by atoms with Crippen molar-refractivity contribution in [2.75, 3.05) is 11.2 Å². The number of carbonyl (C=O) groups is 2. The molecule has 1 heterocycles. The van der Waals surface area contributed by atoms with Gasteiger partial charge in [-0.15, -0.1) is 11.8 Å². The van der Waals surface area contributed by atoms with Crippen LogP contribution in [0.15, 0.2) is 29.2 Å². The topological polar surface area (TPSA) is 49.4 Å². The molecule has 2 rings (SSSR count). The molecule has 5 heteroatoms. The molecule has 2 unspecified atom stereocenters. The number of amides is 2. The minimum Gasteiger partial charge on any atom is -0.343 e. The van der Waals surface area contributed by atoms with E-state index in [4.69, 9.17) is 0 Å². The van der Waals surface area contributed by atoms with Gasteiger partial charge in [0.25, 0.3) is 0 Å². The molecule has 1 aliphatic heterocycles. The monoisotopic (exact) mass is 264 g/mol. The van der Waals surface area contributed by atoms with Crippen LogP contribution in [0.1, 0.15) is 13.8 Å². The summed E-state index contributed by atoms with van der Waals surface area (Å²) in [5.74, 6) is -0.185. The lowest BCUT2D eigenvalue weighted by molar-refractivity contribution is -0.133. The van der Waals surface area contributed by atoms with Crippen molar-refractivity contribution in [2.45, 2.75) is 30.8 Å². The van der Waals surface area contributed by atoms with Gasteiger partial charge in [-0.2, -0.15) is 0 Å². The van der Waals surface area contributed by atoms with Gasteiger partial charge in [0, 0.05) is 10.6 Å². The summed E-state index contributed by atoms with van der Waals surface area (Å²) in [7, 11) is 0. The Morgan fingerprint density at radius 3 is 2.33 bits per heavy atom. The Morgan fingerprint density at radius 2 is 1.78 bits per heavy atom. The second-order valence-corrected chi connectivity index (χ2v) is 5.19. The third-order valence-corrected chi connectivity index (χ3v) is 3.83. The molecule has 1 aromatic carbocycles. The molecule has 96 valence electrons. The third-order valence-electron chi connectivity index (χ3n) is 3.08. The Hall–Kier alpha value is -1.49. The Labute approximate surface area is 111 Å². The van der Waals surface area contributed by atoms with E-state index in [0.717, 1.165) is 10.6 Å². The number of hydrogen-bond acceptors (Lipinski definition) is 3. The lowest BCUT2D eigenvalue weighted by Crippen LogP contribution is -2.61. The zero-order valence-electron chi connectivity index (χ0n) is 10.6. The van der Waals surface area contributed by atoms with Gasteiger partial charge < -0.3 is 5.32 Å². The van der Waals surface area contributed by atoms with E-state index in [9.17, 15) is 9.59 Å². The van der Waals surface area contributed by atoms with Crippen molar-refractivity contribution < 1.29 is 9.59 Å². The van der Waals surface area contributed by atoms with Gasteiger partial charge in [0.05, 0.1) is 0 Å². The summed E-state index contributed by atoms with van der Waals surface area (Å²) >= 11 is 1.64. The molecule has 1 fully saturated rings. The van der Waals surface area contributed by atoms with Gasteiger partial charge in [-0.25, -0.2) is 0 Å². The first kappa shape index (κ1) is 13.0. The zero-order valence-corrected chi connectivity index (χ0v) is 11.5. The summed E-state index contributed by atoms with van der Waals surface area (Å²) in [6, 6.07) is 6.74. The zero-order chi connectivity index (χ0) is 13.3. The number of rotatable bonds is 2. The Balaban J connectivity index is 2.33. The van der Waals surface area contributed by atoms with Crippen molar-refractivity contribution in [3.8, 4) is 0 Å². The first-order valence-electron chi connectivity index (χ1n) is 5.82. The summed E-state index contributed by atoms with van der Waals surface area (Å²) in [6.07, 6.45) is 2.00. The van der Waals surface area contributed by atoms with Crippen LogP contribution in [0.4, 0.5) is 5.69 Å². The highest BCUT2D eigenvalue weighted by molar-refractivity contribution is 7.98. The van der Waals surface area contributed by atoms with Gasteiger partial charge in [0.15, 0.2) is 0 Å². The maximum absolute atomic E-state index is 12.1. The van der Waals surface area contributed by atoms with E-state index >= 15 is 0 Å². The van der Waals surface area contributed by atoms with Crippen LogP contribution < -0.4 is 10.2 Å². The third kappa shape index (κ3) is 2.22. The van der Waals surface area contributed by atoms with Crippen LogP contribution in [-0.4, -0.2) is 30.2 Å². The maximum Gasteiger partial charge on any atom is 0.250 e. The summed E-state index contributed by atoms with van der Waals surface area (Å²) in [4.78, 5) is 26.6. The largest absolute Gasteiger partial charge is 0.343 e. The highest BCUT2D eigenvalue weighted by Gasteiger charge is 2.36. The van der Waals surface area contributed by atoms with Gasteiger partial charge in [0.2, 0.25) is 11.8 Å². The van der Waals surface area contributed by atoms with Crippen LogP contribution in [0, 0.1) is 0 Å². The quantitative estimate of drug-likeness (QED) is 0.826. The number of carbonyl (C=O) groups excluding carboxylic acids is 2. The molecule has 0 aliphatic carbocycles. The number of nitrogens with zero attached hydrogens (tertiary/aromatic N) is 1.